The average molecular weight is 327 g/mol. The van der Waals surface area contributed by atoms with Crippen LogP contribution >= 0.6 is 15.9 Å². The molecule has 0 bridgehead atoms. The van der Waals surface area contributed by atoms with Crippen LogP contribution in [0.5, 0.6) is 0 Å². The highest BCUT2D eigenvalue weighted by Crippen LogP contribution is 2.28. The quantitative estimate of drug-likeness (QED) is 0.921. The van der Waals surface area contributed by atoms with Crippen molar-refractivity contribution in [3.63, 3.8) is 0 Å². The molecule has 1 aromatic carbocycles. The minimum atomic E-state index is 0.0980. The largest absolute Gasteiger partial charge is 0.392 e. The SMILES string of the molecule is CCN1CCC(N(C)c2cc(Br)ccc2CO)CC1. The zero-order chi connectivity index (χ0) is 13.8. The molecule has 3 nitrogen and oxygen atoms in total. The van der Waals surface area contributed by atoms with Crippen molar-refractivity contribution < 1.29 is 5.11 Å². The molecular formula is C15H23BrN2O. The van der Waals surface area contributed by atoms with Crippen LogP contribution < -0.4 is 4.90 Å². The van der Waals surface area contributed by atoms with Crippen molar-refractivity contribution in [3.05, 3.63) is 28.2 Å². The first-order valence-corrected chi connectivity index (χ1v) is 7.79. The van der Waals surface area contributed by atoms with Gasteiger partial charge < -0.3 is 14.9 Å². The van der Waals surface area contributed by atoms with Crippen LogP contribution in [0.4, 0.5) is 5.69 Å². The molecule has 0 saturated carbocycles. The number of likely N-dealkylation sites (tertiary alicyclic amines) is 1. The number of aliphatic hydroxyl groups excluding tert-OH is 1. The van der Waals surface area contributed by atoms with Gasteiger partial charge in [-0.1, -0.05) is 28.9 Å². The molecule has 1 N–H and O–H groups in total. The van der Waals surface area contributed by atoms with Crippen LogP contribution in [0.15, 0.2) is 22.7 Å². The molecule has 1 heterocycles. The van der Waals surface area contributed by atoms with E-state index in [1.165, 1.54) is 25.9 Å². The number of benzene rings is 1. The van der Waals surface area contributed by atoms with Crippen molar-refractivity contribution in [2.24, 2.45) is 0 Å². The van der Waals surface area contributed by atoms with Gasteiger partial charge in [0.1, 0.15) is 0 Å². The summed E-state index contributed by atoms with van der Waals surface area (Å²) in [6.07, 6.45) is 2.39. The Morgan fingerprint density at radius 2 is 2.05 bits per heavy atom. The summed E-state index contributed by atoms with van der Waals surface area (Å²) in [5, 5.41) is 9.49. The Morgan fingerprint density at radius 3 is 2.63 bits per heavy atom. The molecule has 0 aromatic heterocycles. The third kappa shape index (κ3) is 3.50. The summed E-state index contributed by atoms with van der Waals surface area (Å²) in [4.78, 5) is 4.83. The monoisotopic (exact) mass is 326 g/mol. The van der Waals surface area contributed by atoms with Gasteiger partial charge in [0.05, 0.1) is 6.61 Å². The second-order valence-corrected chi connectivity index (χ2v) is 6.12. The molecule has 0 unspecified atom stereocenters. The molecule has 2 rings (SSSR count). The highest BCUT2D eigenvalue weighted by Gasteiger charge is 2.23. The van der Waals surface area contributed by atoms with Crippen LogP contribution in [0.3, 0.4) is 0 Å². The lowest BCUT2D eigenvalue weighted by Crippen LogP contribution is -2.43. The van der Waals surface area contributed by atoms with Crippen molar-refractivity contribution in [2.45, 2.75) is 32.4 Å². The van der Waals surface area contributed by atoms with Gasteiger partial charge in [-0.05, 0) is 31.5 Å². The standard InChI is InChI=1S/C15H23BrN2O/c1-3-18-8-6-14(7-9-18)17(2)15-10-13(16)5-4-12(15)11-19/h4-5,10,14,19H,3,6-9,11H2,1-2H3. The fraction of sp³-hybridized carbons (Fsp3) is 0.600. The minimum absolute atomic E-state index is 0.0980. The Morgan fingerprint density at radius 1 is 1.37 bits per heavy atom. The summed E-state index contributed by atoms with van der Waals surface area (Å²) in [7, 11) is 2.15. The zero-order valence-electron chi connectivity index (χ0n) is 11.8. The van der Waals surface area contributed by atoms with E-state index in [9.17, 15) is 5.11 Å². The van der Waals surface area contributed by atoms with Gasteiger partial charge in [0, 0.05) is 41.9 Å². The number of piperidine rings is 1. The van der Waals surface area contributed by atoms with Gasteiger partial charge in [0.2, 0.25) is 0 Å². The third-order valence-corrected chi connectivity index (χ3v) is 4.64. The number of anilines is 1. The Kier molecular flexibility index (Phi) is 5.25. The van der Waals surface area contributed by atoms with Crippen molar-refractivity contribution in [1.29, 1.82) is 0 Å². The van der Waals surface area contributed by atoms with Gasteiger partial charge in [-0.15, -0.1) is 0 Å². The minimum Gasteiger partial charge on any atom is -0.392 e. The lowest BCUT2D eigenvalue weighted by Gasteiger charge is -2.38. The van der Waals surface area contributed by atoms with E-state index < -0.39 is 0 Å². The molecule has 1 aromatic rings. The van der Waals surface area contributed by atoms with Crippen LogP contribution in [0.25, 0.3) is 0 Å². The molecule has 0 amide bonds. The van der Waals surface area contributed by atoms with Gasteiger partial charge in [-0.2, -0.15) is 0 Å². The first-order chi connectivity index (χ1) is 9.15. The summed E-state index contributed by atoms with van der Waals surface area (Å²) in [5.41, 5.74) is 2.15. The fourth-order valence-corrected chi connectivity index (χ4v) is 3.17. The predicted molar refractivity (Wildman–Crippen MR) is 83.6 cm³/mol. The van der Waals surface area contributed by atoms with Crippen LogP contribution in [0.2, 0.25) is 0 Å². The smallest absolute Gasteiger partial charge is 0.0702 e. The number of hydrogen-bond acceptors (Lipinski definition) is 3. The third-order valence-electron chi connectivity index (χ3n) is 4.15. The van der Waals surface area contributed by atoms with E-state index in [0.29, 0.717) is 6.04 Å². The number of nitrogens with zero attached hydrogens (tertiary/aromatic N) is 2. The summed E-state index contributed by atoms with van der Waals surface area (Å²) in [6.45, 7) is 5.82. The first kappa shape index (κ1) is 14.8. The molecule has 0 spiro atoms. The predicted octanol–water partition coefficient (Wildman–Crippen LogP) is 2.86. The Balaban J connectivity index is 2.11. The maximum absolute atomic E-state index is 9.49. The second-order valence-electron chi connectivity index (χ2n) is 5.21. The van der Waals surface area contributed by atoms with E-state index in [2.05, 4.69) is 45.8 Å². The molecule has 0 aliphatic carbocycles. The highest BCUT2D eigenvalue weighted by atomic mass is 79.9. The lowest BCUT2D eigenvalue weighted by atomic mass is 10.0. The van der Waals surface area contributed by atoms with Gasteiger partial charge in [-0.25, -0.2) is 0 Å². The van der Waals surface area contributed by atoms with Crippen molar-refractivity contribution in [1.82, 2.24) is 4.90 Å². The number of rotatable bonds is 4. The van der Waals surface area contributed by atoms with Gasteiger partial charge in [0.25, 0.3) is 0 Å². The zero-order valence-corrected chi connectivity index (χ0v) is 13.4. The van der Waals surface area contributed by atoms with E-state index in [4.69, 9.17) is 0 Å². The van der Waals surface area contributed by atoms with Crippen molar-refractivity contribution >= 4 is 21.6 Å². The molecule has 1 aliphatic heterocycles. The van der Waals surface area contributed by atoms with Crippen molar-refractivity contribution in [2.75, 3.05) is 31.6 Å². The second kappa shape index (κ2) is 6.73. The maximum Gasteiger partial charge on any atom is 0.0702 e. The van der Waals surface area contributed by atoms with E-state index >= 15 is 0 Å². The summed E-state index contributed by atoms with van der Waals surface area (Å²) >= 11 is 3.52. The van der Waals surface area contributed by atoms with Crippen LogP contribution in [-0.4, -0.2) is 42.7 Å². The molecule has 0 atom stereocenters. The van der Waals surface area contributed by atoms with E-state index in [0.717, 1.165) is 22.3 Å². The Labute approximate surface area is 124 Å². The summed E-state index contributed by atoms with van der Waals surface area (Å²) in [5.74, 6) is 0. The molecule has 1 saturated heterocycles. The maximum atomic E-state index is 9.49. The van der Waals surface area contributed by atoms with Crippen molar-refractivity contribution in [3.8, 4) is 0 Å². The van der Waals surface area contributed by atoms with E-state index in [1.807, 2.05) is 12.1 Å². The summed E-state index contributed by atoms with van der Waals surface area (Å²) < 4.78 is 1.07. The summed E-state index contributed by atoms with van der Waals surface area (Å²) in [6, 6.07) is 6.67. The van der Waals surface area contributed by atoms with Gasteiger partial charge in [0.15, 0.2) is 0 Å². The molecule has 4 heteroatoms. The average Bonchev–Trinajstić information content (AvgIpc) is 2.46. The van der Waals surface area contributed by atoms with Gasteiger partial charge >= 0.3 is 0 Å². The molecule has 1 fully saturated rings. The fourth-order valence-electron chi connectivity index (χ4n) is 2.82. The highest BCUT2D eigenvalue weighted by molar-refractivity contribution is 9.10. The van der Waals surface area contributed by atoms with Crippen LogP contribution in [0, 0.1) is 0 Å². The topological polar surface area (TPSA) is 26.7 Å². The normalized spacial score (nSPS) is 17.7. The van der Waals surface area contributed by atoms with E-state index in [1.54, 1.807) is 0 Å². The van der Waals surface area contributed by atoms with Gasteiger partial charge in [-0.3, -0.25) is 0 Å². The van der Waals surface area contributed by atoms with E-state index in [-0.39, 0.29) is 6.61 Å². The number of halogens is 1. The molecule has 106 valence electrons. The molecule has 1 aliphatic rings. The number of hydrogen-bond donors (Lipinski definition) is 1. The molecule has 19 heavy (non-hydrogen) atoms. The van der Waals surface area contributed by atoms with Crippen LogP contribution in [0.1, 0.15) is 25.3 Å². The Bertz CT molecular complexity index is 417. The first-order valence-electron chi connectivity index (χ1n) is 7.00. The lowest BCUT2D eigenvalue weighted by molar-refractivity contribution is 0.220. The molecule has 0 radical (unpaired) electrons. The molecular weight excluding hydrogens is 304 g/mol. The van der Waals surface area contributed by atoms with Crippen LogP contribution in [-0.2, 0) is 6.61 Å². The Hall–Kier alpha value is -0.580. The number of aliphatic hydroxyl groups is 1.